The van der Waals surface area contributed by atoms with Gasteiger partial charge in [0.1, 0.15) is 18.1 Å². The van der Waals surface area contributed by atoms with E-state index in [0.29, 0.717) is 6.61 Å². The van der Waals surface area contributed by atoms with E-state index in [1.165, 1.54) is 5.57 Å². The molecule has 0 fully saturated rings. The maximum absolute atomic E-state index is 9.82. The highest BCUT2D eigenvalue weighted by Gasteiger charge is 2.18. The Balaban J connectivity index is 1.75. The number of phenols is 1. The second-order valence-electron chi connectivity index (χ2n) is 8.00. The molecule has 4 rings (SSSR count). The van der Waals surface area contributed by atoms with Crippen molar-refractivity contribution >= 4 is 11.1 Å². The molecule has 0 aliphatic carbocycles. The average molecular weight is 432 g/mol. The Bertz CT molecular complexity index is 1090. The van der Waals surface area contributed by atoms with Crippen molar-refractivity contribution in [1.29, 1.82) is 0 Å². The van der Waals surface area contributed by atoms with E-state index in [1.807, 2.05) is 50.5 Å². The van der Waals surface area contributed by atoms with Crippen LogP contribution >= 0.6 is 0 Å². The zero-order valence-corrected chi connectivity index (χ0v) is 18.8. The Labute approximate surface area is 189 Å². The van der Waals surface area contributed by atoms with Crippen molar-refractivity contribution in [3.8, 4) is 23.0 Å². The smallest absolute Gasteiger partial charge is 0.231 e. The molecule has 1 N–H and O–H groups in total. The molecular weight excluding hydrogens is 402 g/mol. The lowest BCUT2D eigenvalue weighted by Crippen LogP contribution is -2.19. The van der Waals surface area contributed by atoms with Gasteiger partial charge in [0.2, 0.25) is 6.79 Å². The van der Waals surface area contributed by atoms with E-state index < -0.39 is 0 Å². The van der Waals surface area contributed by atoms with E-state index in [0.717, 1.165) is 52.5 Å². The van der Waals surface area contributed by atoms with E-state index in [2.05, 4.69) is 30.0 Å². The van der Waals surface area contributed by atoms with Crippen molar-refractivity contribution in [2.24, 2.45) is 0 Å². The number of fused-ring (bicyclic) bond motifs is 1. The van der Waals surface area contributed by atoms with Crippen LogP contribution < -0.4 is 14.2 Å². The molecule has 1 aliphatic rings. The van der Waals surface area contributed by atoms with Gasteiger partial charge in [0, 0.05) is 6.54 Å². The van der Waals surface area contributed by atoms with E-state index in [4.69, 9.17) is 14.2 Å². The Morgan fingerprint density at radius 1 is 0.875 bits per heavy atom. The van der Waals surface area contributed by atoms with Crippen molar-refractivity contribution in [2.75, 3.05) is 34.0 Å². The Hall–Kier alpha value is -3.44. The first-order valence-electron chi connectivity index (χ1n) is 10.9. The van der Waals surface area contributed by atoms with Gasteiger partial charge in [0.15, 0.2) is 11.5 Å². The highest BCUT2D eigenvalue weighted by molar-refractivity contribution is 5.99. The summed E-state index contributed by atoms with van der Waals surface area (Å²) in [6.07, 6.45) is 0.830. The SMILES string of the molecule is CC/C(=C(\c1ccc(O)cc1)c1ccc(OCCN(C)C)cc1)c1ccc2c(c1)OCO2. The molecule has 32 heavy (non-hydrogen) atoms. The normalized spacial score (nSPS) is 13.2. The van der Waals surface area contributed by atoms with Gasteiger partial charge in [-0.15, -0.1) is 0 Å². The molecule has 0 bridgehead atoms. The molecule has 1 heterocycles. The number of nitrogens with zero attached hydrogens (tertiary/aromatic N) is 1. The maximum Gasteiger partial charge on any atom is 0.231 e. The number of rotatable bonds is 8. The minimum absolute atomic E-state index is 0.249. The van der Waals surface area contributed by atoms with Crippen LogP contribution in [0.2, 0.25) is 0 Å². The average Bonchev–Trinajstić information content (AvgIpc) is 3.26. The first-order valence-corrected chi connectivity index (χ1v) is 10.9. The molecule has 0 aromatic heterocycles. The van der Waals surface area contributed by atoms with Gasteiger partial charge in [-0.05, 0) is 84.8 Å². The molecule has 3 aromatic carbocycles. The van der Waals surface area contributed by atoms with Crippen molar-refractivity contribution in [3.63, 3.8) is 0 Å². The molecule has 1 aliphatic heterocycles. The highest BCUT2D eigenvalue weighted by Crippen LogP contribution is 2.40. The molecule has 0 spiro atoms. The quantitative estimate of drug-likeness (QED) is 0.482. The topological polar surface area (TPSA) is 51.2 Å². The minimum Gasteiger partial charge on any atom is -0.508 e. The fourth-order valence-electron chi connectivity index (χ4n) is 3.82. The van der Waals surface area contributed by atoms with Gasteiger partial charge in [0.05, 0.1) is 0 Å². The van der Waals surface area contributed by atoms with E-state index in [-0.39, 0.29) is 12.5 Å². The van der Waals surface area contributed by atoms with Crippen LogP contribution in [0.25, 0.3) is 11.1 Å². The summed E-state index contributed by atoms with van der Waals surface area (Å²) in [4.78, 5) is 2.10. The Morgan fingerprint density at radius 3 is 2.16 bits per heavy atom. The first kappa shape index (κ1) is 21.8. The van der Waals surface area contributed by atoms with Crippen molar-refractivity contribution in [1.82, 2.24) is 4.90 Å². The third kappa shape index (κ3) is 4.89. The van der Waals surface area contributed by atoms with Crippen molar-refractivity contribution in [3.05, 3.63) is 83.4 Å². The summed E-state index contributed by atoms with van der Waals surface area (Å²) >= 11 is 0. The number of phenolic OH excluding ortho intramolecular Hbond substituents is 1. The van der Waals surface area contributed by atoms with Crippen LogP contribution in [0, 0.1) is 0 Å². The van der Waals surface area contributed by atoms with Crippen LogP contribution in [-0.2, 0) is 0 Å². The lowest BCUT2D eigenvalue weighted by molar-refractivity contribution is 0.174. The highest BCUT2D eigenvalue weighted by atomic mass is 16.7. The molecule has 0 unspecified atom stereocenters. The van der Waals surface area contributed by atoms with Crippen LogP contribution in [0.4, 0.5) is 0 Å². The number of benzene rings is 3. The Kier molecular flexibility index (Phi) is 6.66. The molecule has 166 valence electrons. The van der Waals surface area contributed by atoms with Crippen LogP contribution in [0.15, 0.2) is 66.7 Å². The monoisotopic (exact) mass is 431 g/mol. The summed E-state index contributed by atoms with van der Waals surface area (Å²) in [5.74, 6) is 2.64. The summed E-state index contributed by atoms with van der Waals surface area (Å²) in [6, 6.07) is 21.6. The number of hydrogen-bond acceptors (Lipinski definition) is 5. The van der Waals surface area contributed by atoms with Crippen LogP contribution in [0.1, 0.15) is 30.0 Å². The molecule has 3 aromatic rings. The minimum atomic E-state index is 0.249. The lowest BCUT2D eigenvalue weighted by atomic mass is 9.88. The van der Waals surface area contributed by atoms with Crippen LogP contribution in [0.3, 0.4) is 0 Å². The number of allylic oxidation sites excluding steroid dienone is 1. The molecule has 0 saturated carbocycles. The summed E-state index contributed by atoms with van der Waals surface area (Å²) in [6.45, 7) is 3.91. The van der Waals surface area contributed by atoms with Crippen LogP contribution in [0.5, 0.6) is 23.0 Å². The van der Waals surface area contributed by atoms with Gasteiger partial charge < -0.3 is 24.2 Å². The third-order valence-corrected chi connectivity index (χ3v) is 5.48. The standard InChI is InChI=1S/C27H29NO4/c1-4-24(21-9-14-25-26(17-21)32-18-31-25)27(19-5-10-22(29)11-6-19)20-7-12-23(13-8-20)30-16-15-28(2)3/h5-14,17,29H,4,15-16,18H2,1-3H3/b27-24-. The second-order valence-corrected chi connectivity index (χ2v) is 8.00. The predicted octanol–water partition coefficient (Wildman–Crippen LogP) is 5.43. The molecule has 5 nitrogen and oxygen atoms in total. The molecule has 0 saturated heterocycles. The van der Waals surface area contributed by atoms with E-state index >= 15 is 0 Å². The summed E-state index contributed by atoms with van der Waals surface area (Å²) in [5, 5.41) is 9.82. The number of hydrogen-bond donors (Lipinski definition) is 1. The van der Waals surface area contributed by atoms with Crippen LogP contribution in [-0.4, -0.2) is 44.0 Å². The molecular formula is C27H29NO4. The van der Waals surface area contributed by atoms with E-state index in [9.17, 15) is 5.11 Å². The van der Waals surface area contributed by atoms with E-state index in [1.54, 1.807) is 12.1 Å². The summed E-state index contributed by atoms with van der Waals surface area (Å²) < 4.78 is 17.0. The summed E-state index contributed by atoms with van der Waals surface area (Å²) in [5.41, 5.74) is 5.52. The number of likely N-dealkylation sites (N-methyl/N-ethyl adjacent to an activating group) is 1. The van der Waals surface area contributed by atoms with Crippen molar-refractivity contribution < 1.29 is 19.3 Å². The molecule has 5 heteroatoms. The molecule has 0 amide bonds. The Morgan fingerprint density at radius 2 is 1.50 bits per heavy atom. The van der Waals surface area contributed by atoms with Gasteiger partial charge in [0.25, 0.3) is 0 Å². The summed E-state index contributed by atoms with van der Waals surface area (Å²) in [7, 11) is 4.06. The van der Waals surface area contributed by atoms with Gasteiger partial charge in [-0.1, -0.05) is 37.3 Å². The number of ether oxygens (including phenoxy) is 3. The van der Waals surface area contributed by atoms with Crippen molar-refractivity contribution in [2.45, 2.75) is 13.3 Å². The number of aromatic hydroxyl groups is 1. The van der Waals surface area contributed by atoms with Gasteiger partial charge in [-0.3, -0.25) is 0 Å². The lowest BCUT2D eigenvalue weighted by Gasteiger charge is -2.17. The first-order chi connectivity index (χ1) is 15.5. The fraction of sp³-hybridized carbons (Fsp3) is 0.259. The zero-order valence-electron chi connectivity index (χ0n) is 18.8. The van der Waals surface area contributed by atoms with Gasteiger partial charge >= 0.3 is 0 Å². The maximum atomic E-state index is 9.82. The molecule has 0 radical (unpaired) electrons. The fourth-order valence-corrected chi connectivity index (χ4v) is 3.82. The molecule has 0 atom stereocenters. The largest absolute Gasteiger partial charge is 0.508 e. The predicted molar refractivity (Wildman–Crippen MR) is 127 cm³/mol. The zero-order chi connectivity index (χ0) is 22.5. The van der Waals surface area contributed by atoms with Gasteiger partial charge in [-0.2, -0.15) is 0 Å². The second kappa shape index (κ2) is 9.79. The van der Waals surface area contributed by atoms with Gasteiger partial charge in [-0.25, -0.2) is 0 Å². The third-order valence-electron chi connectivity index (χ3n) is 5.48.